The fourth-order valence-electron chi connectivity index (χ4n) is 3.09. The first-order valence-corrected chi connectivity index (χ1v) is 8.85. The van der Waals surface area contributed by atoms with Crippen molar-refractivity contribution in [2.45, 2.75) is 31.7 Å². The predicted molar refractivity (Wildman–Crippen MR) is 93.1 cm³/mol. The molecule has 0 aromatic carbocycles. The maximum Gasteiger partial charge on any atom is 0.251 e. The summed E-state index contributed by atoms with van der Waals surface area (Å²) in [6, 6.07) is 1.38. The van der Waals surface area contributed by atoms with Gasteiger partial charge >= 0.3 is 0 Å². The Morgan fingerprint density at radius 1 is 1.46 bits per heavy atom. The van der Waals surface area contributed by atoms with E-state index >= 15 is 0 Å². The van der Waals surface area contributed by atoms with E-state index in [9.17, 15) is 9.59 Å². The molecule has 0 aliphatic carbocycles. The topological polar surface area (TPSA) is 104 Å². The fraction of sp³-hybridized carbons (Fsp3) is 0.438. The fourth-order valence-corrected chi connectivity index (χ4v) is 3.88. The van der Waals surface area contributed by atoms with Gasteiger partial charge in [-0.1, -0.05) is 0 Å². The lowest BCUT2D eigenvalue weighted by Gasteiger charge is -2.35. The minimum absolute atomic E-state index is 0.110. The number of H-pyrrole nitrogens is 1. The van der Waals surface area contributed by atoms with Gasteiger partial charge < -0.3 is 11.1 Å². The third-order valence-electron chi connectivity index (χ3n) is 4.61. The SMILES string of the molecule is CC(C(=O)Nc1sccc1C(N)=O)N1CCC(c2cn[nH]c2)CC1. The molecule has 24 heavy (non-hydrogen) atoms. The van der Waals surface area contributed by atoms with Crippen molar-refractivity contribution in [3.05, 3.63) is 35.0 Å². The highest BCUT2D eigenvalue weighted by Crippen LogP contribution is 2.28. The quantitative estimate of drug-likeness (QED) is 0.767. The van der Waals surface area contributed by atoms with E-state index in [0.717, 1.165) is 25.9 Å². The van der Waals surface area contributed by atoms with Gasteiger partial charge in [0.2, 0.25) is 5.91 Å². The number of aromatic amines is 1. The molecular formula is C16H21N5O2S. The van der Waals surface area contributed by atoms with E-state index in [1.54, 1.807) is 11.4 Å². The van der Waals surface area contributed by atoms with Crippen LogP contribution >= 0.6 is 11.3 Å². The average Bonchev–Trinajstić information content (AvgIpc) is 3.26. The van der Waals surface area contributed by atoms with E-state index in [-0.39, 0.29) is 11.9 Å². The number of carbonyl (C=O) groups excluding carboxylic acids is 2. The van der Waals surface area contributed by atoms with E-state index < -0.39 is 5.91 Å². The van der Waals surface area contributed by atoms with Gasteiger partial charge in [0.1, 0.15) is 5.00 Å². The van der Waals surface area contributed by atoms with Gasteiger partial charge in [0.15, 0.2) is 0 Å². The zero-order chi connectivity index (χ0) is 17.1. The zero-order valence-electron chi connectivity index (χ0n) is 13.5. The largest absolute Gasteiger partial charge is 0.366 e. The monoisotopic (exact) mass is 347 g/mol. The molecule has 4 N–H and O–H groups in total. The summed E-state index contributed by atoms with van der Waals surface area (Å²) in [7, 11) is 0. The molecule has 2 aromatic heterocycles. The minimum atomic E-state index is -0.528. The number of hydrogen-bond acceptors (Lipinski definition) is 5. The first-order chi connectivity index (χ1) is 11.6. The Morgan fingerprint density at radius 2 is 2.21 bits per heavy atom. The van der Waals surface area contributed by atoms with Gasteiger partial charge in [-0.2, -0.15) is 5.10 Å². The highest BCUT2D eigenvalue weighted by Gasteiger charge is 2.28. The molecule has 2 aromatic rings. The van der Waals surface area contributed by atoms with Gasteiger partial charge in [-0.15, -0.1) is 11.3 Å². The second-order valence-electron chi connectivity index (χ2n) is 6.03. The van der Waals surface area contributed by atoms with E-state index in [1.165, 1.54) is 16.9 Å². The van der Waals surface area contributed by atoms with Gasteiger partial charge in [0, 0.05) is 6.20 Å². The van der Waals surface area contributed by atoms with Gasteiger partial charge in [0.25, 0.3) is 5.91 Å². The predicted octanol–water partition coefficient (Wildman–Crippen LogP) is 1.78. The van der Waals surface area contributed by atoms with Crippen LogP contribution in [0.1, 0.15) is 41.6 Å². The number of thiophene rings is 1. The molecule has 1 atom stereocenters. The van der Waals surface area contributed by atoms with Crippen LogP contribution < -0.4 is 11.1 Å². The second-order valence-corrected chi connectivity index (χ2v) is 6.95. The van der Waals surface area contributed by atoms with Crippen LogP contribution in [0.15, 0.2) is 23.8 Å². The molecule has 7 nitrogen and oxygen atoms in total. The van der Waals surface area contributed by atoms with Crippen LogP contribution in [0.5, 0.6) is 0 Å². The molecule has 1 aliphatic rings. The number of aromatic nitrogens is 2. The first-order valence-electron chi connectivity index (χ1n) is 7.97. The zero-order valence-corrected chi connectivity index (χ0v) is 14.3. The molecule has 8 heteroatoms. The van der Waals surface area contributed by atoms with Crippen molar-refractivity contribution in [1.29, 1.82) is 0 Å². The summed E-state index contributed by atoms with van der Waals surface area (Å²) in [6.45, 7) is 3.61. The van der Waals surface area contributed by atoms with E-state index in [0.29, 0.717) is 16.5 Å². The number of amides is 2. The van der Waals surface area contributed by atoms with Crippen molar-refractivity contribution in [3.63, 3.8) is 0 Å². The number of nitrogens with zero attached hydrogens (tertiary/aromatic N) is 2. The Labute approximate surface area is 144 Å². The molecule has 0 radical (unpaired) electrons. The Kier molecular flexibility index (Phi) is 4.96. The molecule has 1 fully saturated rings. The number of primary amides is 1. The first kappa shape index (κ1) is 16.7. The van der Waals surface area contributed by atoms with Gasteiger partial charge in [-0.3, -0.25) is 19.6 Å². The average molecular weight is 347 g/mol. The summed E-state index contributed by atoms with van der Waals surface area (Å²) >= 11 is 1.31. The van der Waals surface area contributed by atoms with Gasteiger partial charge in [-0.25, -0.2) is 0 Å². The second kappa shape index (κ2) is 7.14. The highest BCUT2D eigenvalue weighted by molar-refractivity contribution is 7.14. The van der Waals surface area contributed by atoms with E-state index in [4.69, 9.17) is 5.73 Å². The van der Waals surface area contributed by atoms with Gasteiger partial charge in [-0.05, 0) is 55.8 Å². The Hall–Kier alpha value is -2.19. The van der Waals surface area contributed by atoms with Crippen molar-refractivity contribution in [2.24, 2.45) is 5.73 Å². The Morgan fingerprint density at radius 3 is 2.83 bits per heavy atom. The number of rotatable bonds is 5. The maximum atomic E-state index is 12.5. The summed E-state index contributed by atoms with van der Waals surface area (Å²) in [4.78, 5) is 26.0. The third-order valence-corrected chi connectivity index (χ3v) is 5.44. The lowest BCUT2D eigenvalue weighted by atomic mass is 9.91. The Balaban J connectivity index is 1.56. The van der Waals surface area contributed by atoms with Crippen LogP contribution in [0.25, 0.3) is 0 Å². The number of likely N-dealkylation sites (tertiary alicyclic amines) is 1. The van der Waals surface area contributed by atoms with E-state index in [1.807, 2.05) is 19.3 Å². The number of piperidine rings is 1. The number of hydrogen-bond donors (Lipinski definition) is 3. The lowest BCUT2D eigenvalue weighted by Crippen LogP contribution is -2.45. The van der Waals surface area contributed by atoms with Crippen LogP contribution in [0, 0.1) is 0 Å². The molecule has 0 spiro atoms. The molecule has 1 aliphatic heterocycles. The third kappa shape index (κ3) is 3.49. The van der Waals surface area contributed by atoms with Crippen LogP contribution in [0.4, 0.5) is 5.00 Å². The highest BCUT2D eigenvalue weighted by atomic mass is 32.1. The van der Waals surface area contributed by atoms with Crippen molar-refractivity contribution < 1.29 is 9.59 Å². The molecule has 3 heterocycles. The van der Waals surface area contributed by atoms with Crippen LogP contribution in [-0.4, -0.2) is 46.0 Å². The van der Waals surface area contributed by atoms with E-state index in [2.05, 4.69) is 20.4 Å². The molecule has 1 unspecified atom stereocenters. The lowest BCUT2D eigenvalue weighted by molar-refractivity contribution is -0.121. The molecular weight excluding hydrogens is 326 g/mol. The van der Waals surface area contributed by atoms with Crippen molar-refractivity contribution in [1.82, 2.24) is 15.1 Å². The van der Waals surface area contributed by atoms with Crippen LogP contribution in [-0.2, 0) is 4.79 Å². The minimum Gasteiger partial charge on any atom is -0.366 e. The normalized spacial score (nSPS) is 17.5. The molecule has 3 rings (SSSR count). The standard InChI is InChI=1S/C16H21N5O2S/c1-10(15(23)20-16-13(14(17)22)4-7-24-16)21-5-2-11(3-6-21)12-8-18-19-9-12/h4,7-11H,2-3,5-6H2,1H3,(H2,17,22)(H,18,19)(H,20,23). The maximum absolute atomic E-state index is 12.5. The molecule has 2 amide bonds. The smallest absolute Gasteiger partial charge is 0.251 e. The summed E-state index contributed by atoms with van der Waals surface area (Å²) in [5.41, 5.74) is 6.91. The number of anilines is 1. The molecule has 0 saturated carbocycles. The van der Waals surface area contributed by atoms with Gasteiger partial charge in [0.05, 0.1) is 17.8 Å². The number of nitrogens with two attached hydrogens (primary N) is 1. The van der Waals surface area contributed by atoms with Crippen molar-refractivity contribution in [3.8, 4) is 0 Å². The molecule has 0 bridgehead atoms. The summed E-state index contributed by atoms with van der Waals surface area (Å²) in [6.07, 6.45) is 5.82. The summed E-state index contributed by atoms with van der Waals surface area (Å²) < 4.78 is 0. The molecule has 128 valence electrons. The summed E-state index contributed by atoms with van der Waals surface area (Å²) in [5.74, 6) is -0.143. The van der Waals surface area contributed by atoms with Crippen molar-refractivity contribution in [2.75, 3.05) is 18.4 Å². The van der Waals surface area contributed by atoms with Crippen LogP contribution in [0.3, 0.4) is 0 Å². The summed E-state index contributed by atoms with van der Waals surface area (Å²) in [5, 5.41) is 12.0. The van der Waals surface area contributed by atoms with Crippen molar-refractivity contribution >= 4 is 28.2 Å². The Bertz CT molecular complexity index is 704. The number of nitrogens with one attached hydrogen (secondary N) is 2. The molecule has 1 saturated heterocycles. The van der Waals surface area contributed by atoms with Crippen LogP contribution in [0.2, 0.25) is 0 Å². The number of carbonyl (C=O) groups is 2.